The molecule has 0 saturated heterocycles. The molecule has 2 aromatic rings. The van der Waals surface area contributed by atoms with E-state index in [4.69, 9.17) is 9.47 Å². The Balaban J connectivity index is 2.02. The van der Waals surface area contributed by atoms with E-state index in [2.05, 4.69) is 20.6 Å². The molecule has 1 N–H and O–H groups in total. The summed E-state index contributed by atoms with van der Waals surface area (Å²) in [5.41, 5.74) is 3.21. The first-order valence-electron chi connectivity index (χ1n) is 7.04. The Morgan fingerprint density at radius 1 is 1.36 bits per heavy atom. The second-order valence-electron chi connectivity index (χ2n) is 4.86. The van der Waals surface area contributed by atoms with E-state index in [9.17, 15) is 14.9 Å². The molecule has 0 aliphatic rings. The van der Waals surface area contributed by atoms with Gasteiger partial charge >= 0.3 is 5.95 Å². The quantitative estimate of drug-likeness (QED) is 0.448. The van der Waals surface area contributed by atoms with E-state index < -0.39 is 16.8 Å². The van der Waals surface area contributed by atoms with Crippen LogP contribution < -0.4 is 14.9 Å². The molecular formula is C14H16N6O5. The van der Waals surface area contributed by atoms with Crippen LogP contribution in [0.4, 0.5) is 5.95 Å². The predicted octanol–water partition coefficient (Wildman–Crippen LogP) is 1.01. The standard InChI is InChI=1S/C14H16N6O5/c1-9(7-19-8-15-14(18-19)20(22)23)16-17-13(21)10-4-5-11(24-2)12(6-10)25-3/h4-6,8H,7H2,1-3H3,(H,17,21)/b16-9-. The first-order valence-corrected chi connectivity index (χ1v) is 7.04. The van der Waals surface area contributed by atoms with Crippen LogP contribution in [0.25, 0.3) is 0 Å². The summed E-state index contributed by atoms with van der Waals surface area (Å²) in [5, 5.41) is 18.1. The Morgan fingerprint density at radius 3 is 2.68 bits per heavy atom. The Morgan fingerprint density at radius 2 is 2.08 bits per heavy atom. The fraction of sp³-hybridized carbons (Fsp3) is 0.286. The molecule has 0 atom stereocenters. The lowest BCUT2D eigenvalue weighted by Crippen LogP contribution is -2.20. The summed E-state index contributed by atoms with van der Waals surface area (Å²) in [6.45, 7) is 1.79. The number of hydrogen-bond acceptors (Lipinski definition) is 8. The summed E-state index contributed by atoms with van der Waals surface area (Å²) in [5.74, 6) is -0.00989. The maximum atomic E-state index is 12.1. The van der Waals surface area contributed by atoms with Crippen LogP contribution in [0.2, 0.25) is 0 Å². The molecule has 11 nitrogen and oxygen atoms in total. The molecule has 0 aliphatic heterocycles. The van der Waals surface area contributed by atoms with Crippen LogP contribution in [0.3, 0.4) is 0 Å². The average molecular weight is 348 g/mol. The van der Waals surface area contributed by atoms with Gasteiger partial charge in [0.2, 0.25) is 6.33 Å². The second kappa shape index (κ2) is 7.86. The zero-order chi connectivity index (χ0) is 18.4. The lowest BCUT2D eigenvalue weighted by atomic mass is 10.2. The highest BCUT2D eigenvalue weighted by Gasteiger charge is 2.14. The van der Waals surface area contributed by atoms with Gasteiger partial charge in [0, 0.05) is 10.7 Å². The smallest absolute Gasteiger partial charge is 0.490 e. The van der Waals surface area contributed by atoms with Gasteiger partial charge in [-0.1, -0.05) is 4.98 Å². The molecule has 132 valence electrons. The maximum Gasteiger partial charge on any atom is 0.490 e. The minimum absolute atomic E-state index is 0.146. The fourth-order valence-corrected chi connectivity index (χ4v) is 1.90. The van der Waals surface area contributed by atoms with Crippen molar-refractivity contribution in [1.29, 1.82) is 0 Å². The van der Waals surface area contributed by atoms with E-state index >= 15 is 0 Å². The van der Waals surface area contributed by atoms with Gasteiger partial charge < -0.3 is 19.6 Å². The third kappa shape index (κ3) is 4.50. The number of benzene rings is 1. The number of aromatic nitrogens is 3. The number of nitro groups is 1. The molecule has 25 heavy (non-hydrogen) atoms. The summed E-state index contributed by atoms with van der Waals surface area (Å²) in [6.07, 6.45) is 1.22. The third-order valence-corrected chi connectivity index (χ3v) is 3.07. The van der Waals surface area contributed by atoms with E-state index in [1.54, 1.807) is 19.1 Å². The number of ether oxygens (including phenoxy) is 2. The molecule has 0 saturated carbocycles. The molecule has 2 rings (SSSR count). The molecular weight excluding hydrogens is 332 g/mol. The van der Waals surface area contributed by atoms with Gasteiger partial charge in [-0.3, -0.25) is 4.79 Å². The molecule has 0 aliphatic carbocycles. The molecule has 1 amide bonds. The van der Waals surface area contributed by atoms with Crippen LogP contribution in [0, 0.1) is 10.1 Å². The van der Waals surface area contributed by atoms with E-state index in [0.29, 0.717) is 22.8 Å². The topological polar surface area (TPSA) is 134 Å². The van der Waals surface area contributed by atoms with Crippen LogP contribution in [0.15, 0.2) is 29.6 Å². The van der Waals surface area contributed by atoms with Crippen molar-refractivity contribution in [2.24, 2.45) is 5.10 Å². The Labute approximate surface area is 142 Å². The van der Waals surface area contributed by atoms with Crippen molar-refractivity contribution in [1.82, 2.24) is 20.2 Å². The molecule has 1 aromatic heterocycles. The molecule has 0 radical (unpaired) electrons. The van der Waals surface area contributed by atoms with Crippen LogP contribution in [0.1, 0.15) is 17.3 Å². The number of amides is 1. The summed E-state index contributed by atoms with van der Waals surface area (Å²) in [6, 6.07) is 4.71. The molecule has 1 aromatic carbocycles. The minimum atomic E-state index is -0.693. The van der Waals surface area contributed by atoms with Crippen molar-refractivity contribution >= 4 is 17.6 Å². The Bertz CT molecular complexity index is 816. The number of methoxy groups -OCH3 is 2. The number of rotatable bonds is 7. The first-order chi connectivity index (χ1) is 11.9. The number of nitrogens with zero attached hydrogens (tertiary/aromatic N) is 5. The van der Waals surface area contributed by atoms with Crippen LogP contribution in [0.5, 0.6) is 11.5 Å². The molecule has 1 heterocycles. The van der Waals surface area contributed by atoms with E-state index in [-0.39, 0.29) is 6.54 Å². The largest absolute Gasteiger partial charge is 0.493 e. The van der Waals surface area contributed by atoms with Gasteiger partial charge in [0.25, 0.3) is 5.91 Å². The highest BCUT2D eigenvalue weighted by atomic mass is 16.6. The number of hydrazone groups is 1. The van der Waals surface area contributed by atoms with Crippen molar-refractivity contribution < 1.29 is 19.2 Å². The van der Waals surface area contributed by atoms with E-state index in [1.807, 2.05) is 0 Å². The van der Waals surface area contributed by atoms with E-state index in [0.717, 1.165) is 0 Å². The van der Waals surface area contributed by atoms with Crippen LogP contribution in [-0.2, 0) is 6.54 Å². The van der Waals surface area contributed by atoms with Gasteiger partial charge in [-0.25, -0.2) is 5.43 Å². The van der Waals surface area contributed by atoms with Crippen LogP contribution >= 0.6 is 0 Å². The normalized spacial score (nSPS) is 11.1. The van der Waals surface area contributed by atoms with Crippen molar-refractivity contribution in [3.8, 4) is 11.5 Å². The number of carbonyl (C=O) groups is 1. The third-order valence-electron chi connectivity index (χ3n) is 3.07. The molecule has 0 unspecified atom stereocenters. The van der Waals surface area contributed by atoms with Gasteiger partial charge in [-0.2, -0.15) is 9.78 Å². The molecule has 0 fully saturated rings. The molecule has 0 spiro atoms. The van der Waals surface area contributed by atoms with Gasteiger partial charge in [0.05, 0.1) is 26.5 Å². The monoisotopic (exact) mass is 348 g/mol. The zero-order valence-electron chi connectivity index (χ0n) is 13.8. The SMILES string of the molecule is COc1ccc(C(=O)N/N=C(/C)Cn2cnc([N+](=O)[O-])n2)cc1OC. The highest BCUT2D eigenvalue weighted by molar-refractivity contribution is 5.95. The van der Waals surface area contributed by atoms with Crippen molar-refractivity contribution in [2.75, 3.05) is 14.2 Å². The lowest BCUT2D eigenvalue weighted by Gasteiger charge is -2.08. The number of hydrogen-bond donors (Lipinski definition) is 1. The second-order valence-corrected chi connectivity index (χ2v) is 4.86. The van der Waals surface area contributed by atoms with Crippen molar-refractivity contribution in [3.63, 3.8) is 0 Å². The average Bonchev–Trinajstić information content (AvgIpc) is 3.07. The fourth-order valence-electron chi connectivity index (χ4n) is 1.90. The first kappa shape index (κ1) is 17.8. The lowest BCUT2D eigenvalue weighted by molar-refractivity contribution is -0.394. The van der Waals surface area contributed by atoms with Crippen molar-refractivity contribution in [2.45, 2.75) is 13.5 Å². The highest BCUT2D eigenvalue weighted by Crippen LogP contribution is 2.27. The zero-order valence-corrected chi connectivity index (χ0v) is 13.8. The van der Waals surface area contributed by atoms with Gasteiger partial charge in [-0.15, -0.1) is 0 Å². The van der Waals surface area contributed by atoms with E-state index in [1.165, 1.54) is 31.3 Å². The summed E-state index contributed by atoms with van der Waals surface area (Å²) < 4.78 is 11.5. The molecule has 11 heteroatoms. The summed E-state index contributed by atoms with van der Waals surface area (Å²) in [4.78, 5) is 25.5. The predicted molar refractivity (Wildman–Crippen MR) is 86.8 cm³/mol. The Hall–Kier alpha value is -3.50. The van der Waals surface area contributed by atoms with Crippen molar-refractivity contribution in [3.05, 3.63) is 40.2 Å². The van der Waals surface area contributed by atoms with Gasteiger partial charge in [-0.05, 0) is 30.0 Å². The molecule has 0 bridgehead atoms. The van der Waals surface area contributed by atoms with Gasteiger partial charge in [0.1, 0.15) is 0 Å². The maximum absolute atomic E-state index is 12.1. The summed E-state index contributed by atoms with van der Waals surface area (Å²) in [7, 11) is 2.97. The van der Waals surface area contributed by atoms with Crippen LogP contribution in [-0.4, -0.2) is 45.5 Å². The Kier molecular flexibility index (Phi) is 5.61. The summed E-state index contributed by atoms with van der Waals surface area (Å²) >= 11 is 0. The number of nitrogens with one attached hydrogen (secondary N) is 1. The van der Waals surface area contributed by atoms with Gasteiger partial charge in [0.15, 0.2) is 11.5 Å². The number of carbonyl (C=O) groups excluding carboxylic acids is 1. The minimum Gasteiger partial charge on any atom is -0.493 e.